The lowest BCUT2D eigenvalue weighted by molar-refractivity contribution is -0.121. The molecule has 1 N–H and O–H groups in total. The van der Waals surface area contributed by atoms with Gasteiger partial charge in [-0.05, 0) is 55.3 Å². The first-order valence-electron chi connectivity index (χ1n) is 7.42. The zero-order valence-corrected chi connectivity index (χ0v) is 13.7. The van der Waals surface area contributed by atoms with E-state index in [1.54, 1.807) is 24.3 Å². The molecule has 2 aromatic carbocycles. The van der Waals surface area contributed by atoms with E-state index in [2.05, 4.69) is 5.32 Å². The topological polar surface area (TPSA) is 49.4 Å². The second kappa shape index (κ2) is 6.05. The van der Waals surface area contributed by atoms with Crippen molar-refractivity contribution in [3.05, 3.63) is 58.6 Å². The van der Waals surface area contributed by atoms with E-state index in [1.165, 1.54) is 4.90 Å². The molecule has 0 spiro atoms. The molecule has 1 heterocycles. The van der Waals surface area contributed by atoms with Crippen LogP contribution in [0, 0.1) is 13.8 Å². The molecule has 1 saturated heterocycles. The normalized spacial score (nSPS) is 17.7. The van der Waals surface area contributed by atoms with Gasteiger partial charge in [0.05, 0.1) is 12.1 Å². The van der Waals surface area contributed by atoms with Crippen LogP contribution in [0.5, 0.6) is 0 Å². The van der Waals surface area contributed by atoms with Crippen molar-refractivity contribution in [1.82, 2.24) is 0 Å². The minimum Gasteiger partial charge on any atom is -0.373 e. The summed E-state index contributed by atoms with van der Waals surface area (Å²) in [7, 11) is 0. The quantitative estimate of drug-likeness (QED) is 0.874. The Balaban J connectivity index is 1.85. The Labute approximate surface area is 140 Å². The number of hydrogen-bond acceptors (Lipinski definition) is 3. The maximum Gasteiger partial charge on any atom is 0.256 e. The van der Waals surface area contributed by atoms with Gasteiger partial charge in [0.2, 0.25) is 5.91 Å². The molecule has 1 atom stereocenters. The number of halogens is 1. The van der Waals surface area contributed by atoms with Crippen molar-refractivity contribution in [1.29, 1.82) is 0 Å². The molecule has 2 amide bonds. The molecule has 1 aliphatic heterocycles. The number of carbonyl (C=O) groups is 2. The third-order valence-corrected chi connectivity index (χ3v) is 4.19. The summed E-state index contributed by atoms with van der Waals surface area (Å²) in [6, 6.07) is 12.3. The van der Waals surface area contributed by atoms with E-state index in [4.69, 9.17) is 11.6 Å². The van der Waals surface area contributed by atoms with Gasteiger partial charge >= 0.3 is 0 Å². The number of aryl methyl sites for hydroxylation is 2. The van der Waals surface area contributed by atoms with Crippen LogP contribution >= 0.6 is 11.6 Å². The van der Waals surface area contributed by atoms with Crippen LogP contribution in [-0.2, 0) is 9.59 Å². The highest BCUT2D eigenvalue weighted by molar-refractivity contribution is 6.30. The molecular formula is C18H17ClN2O2. The average molecular weight is 329 g/mol. The molecule has 3 rings (SSSR count). The predicted octanol–water partition coefficient (Wildman–Crippen LogP) is 3.70. The summed E-state index contributed by atoms with van der Waals surface area (Å²) in [5.74, 6) is -0.409. The van der Waals surface area contributed by atoms with Crippen molar-refractivity contribution < 1.29 is 9.59 Å². The molecule has 0 radical (unpaired) electrons. The molecule has 0 saturated carbocycles. The zero-order valence-electron chi connectivity index (χ0n) is 13.0. The summed E-state index contributed by atoms with van der Waals surface area (Å²) in [6.07, 6.45) is 0.148. The molecular weight excluding hydrogens is 312 g/mol. The Kier molecular flexibility index (Phi) is 4.09. The van der Waals surface area contributed by atoms with Crippen LogP contribution in [-0.4, -0.2) is 17.9 Å². The Morgan fingerprint density at radius 2 is 1.78 bits per heavy atom. The lowest BCUT2D eigenvalue weighted by atomic mass is 10.1. The molecule has 1 fully saturated rings. The van der Waals surface area contributed by atoms with Gasteiger partial charge < -0.3 is 5.32 Å². The second-order valence-electron chi connectivity index (χ2n) is 5.77. The van der Waals surface area contributed by atoms with Crippen molar-refractivity contribution in [3.8, 4) is 0 Å². The SMILES string of the molecule is Cc1ccc(C)c(N2C(=O)C[C@@H](Nc3ccc(Cl)cc3)C2=O)c1. The number of hydrogen-bond donors (Lipinski definition) is 1. The van der Waals surface area contributed by atoms with Crippen LogP contribution in [0.1, 0.15) is 17.5 Å². The number of imide groups is 1. The van der Waals surface area contributed by atoms with E-state index in [1.807, 2.05) is 32.0 Å². The fraction of sp³-hybridized carbons (Fsp3) is 0.222. The molecule has 0 bridgehead atoms. The Bertz CT molecular complexity index is 771. The lowest BCUT2D eigenvalue weighted by Crippen LogP contribution is -2.35. The van der Waals surface area contributed by atoms with Crippen LogP contribution in [0.25, 0.3) is 0 Å². The fourth-order valence-corrected chi connectivity index (χ4v) is 2.83. The van der Waals surface area contributed by atoms with Gasteiger partial charge in [-0.2, -0.15) is 0 Å². The first-order chi connectivity index (χ1) is 11.0. The molecule has 4 nitrogen and oxygen atoms in total. The van der Waals surface area contributed by atoms with Crippen molar-refractivity contribution >= 4 is 34.8 Å². The number of nitrogens with one attached hydrogen (secondary N) is 1. The number of anilines is 2. The second-order valence-corrected chi connectivity index (χ2v) is 6.20. The molecule has 5 heteroatoms. The summed E-state index contributed by atoms with van der Waals surface area (Å²) >= 11 is 5.86. The van der Waals surface area contributed by atoms with Crippen molar-refractivity contribution in [2.45, 2.75) is 26.3 Å². The van der Waals surface area contributed by atoms with Crippen LogP contribution in [0.3, 0.4) is 0 Å². The highest BCUT2D eigenvalue weighted by atomic mass is 35.5. The largest absolute Gasteiger partial charge is 0.373 e. The third-order valence-electron chi connectivity index (χ3n) is 3.94. The Morgan fingerprint density at radius 3 is 2.48 bits per heavy atom. The van der Waals surface area contributed by atoms with Crippen LogP contribution in [0.15, 0.2) is 42.5 Å². The van der Waals surface area contributed by atoms with Gasteiger partial charge in [-0.15, -0.1) is 0 Å². The highest BCUT2D eigenvalue weighted by Crippen LogP contribution is 2.28. The maximum atomic E-state index is 12.7. The zero-order chi connectivity index (χ0) is 16.6. The van der Waals surface area contributed by atoms with Crippen molar-refractivity contribution in [2.24, 2.45) is 0 Å². The van der Waals surface area contributed by atoms with E-state index in [-0.39, 0.29) is 18.2 Å². The molecule has 0 aliphatic carbocycles. The van der Waals surface area contributed by atoms with E-state index in [0.717, 1.165) is 16.8 Å². The first-order valence-corrected chi connectivity index (χ1v) is 7.79. The number of rotatable bonds is 3. The average Bonchev–Trinajstić information content (AvgIpc) is 2.78. The van der Waals surface area contributed by atoms with Gasteiger partial charge in [0.1, 0.15) is 6.04 Å². The number of benzene rings is 2. The van der Waals surface area contributed by atoms with Crippen molar-refractivity contribution in [3.63, 3.8) is 0 Å². The maximum absolute atomic E-state index is 12.7. The fourth-order valence-electron chi connectivity index (χ4n) is 2.71. The van der Waals surface area contributed by atoms with Gasteiger partial charge in [0.25, 0.3) is 5.91 Å². The minimum atomic E-state index is -0.552. The Morgan fingerprint density at radius 1 is 1.09 bits per heavy atom. The summed E-state index contributed by atoms with van der Waals surface area (Å²) in [5, 5.41) is 3.74. The van der Waals surface area contributed by atoms with E-state index in [9.17, 15) is 9.59 Å². The number of nitrogens with zero attached hydrogens (tertiary/aromatic N) is 1. The molecule has 118 valence electrons. The van der Waals surface area contributed by atoms with Crippen LogP contribution in [0.4, 0.5) is 11.4 Å². The molecule has 0 aromatic heterocycles. The van der Waals surface area contributed by atoms with E-state index < -0.39 is 6.04 Å². The number of amides is 2. The molecule has 0 unspecified atom stereocenters. The minimum absolute atomic E-state index is 0.148. The van der Waals surface area contributed by atoms with Gasteiger partial charge in [-0.3, -0.25) is 9.59 Å². The van der Waals surface area contributed by atoms with E-state index >= 15 is 0 Å². The predicted molar refractivity (Wildman–Crippen MR) is 91.9 cm³/mol. The van der Waals surface area contributed by atoms with Gasteiger partial charge in [-0.1, -0.05) is 23.7 Å². The summed E-state index contributed by atoms with van der Waals surface area (Å²) < 4.78 is 0. The molecule has 23 heavy (non-hydrogen) atoms. The Hall–Kier alpha value is -2.33. The van der Waals surface area contributed by atoms with Crippen LogP contribution < -0.4 is 10.2 Å². The molecule has 2 aromatic rings. The van der Waals surface area contributed by atoms with Crippen LogP contribution in [0.2, 0.25) is 5.02 Å². The standard InChI is InChI=1S/C18H17ClN2O2/c1-11-3-4-12(2)16(9-11)21-17(22)10-15(18(21)23)20-14-7-5-13(19)6-8-14/h3-9,15,20H,10H2,1-2H3/t15-/m1/s1. The highest BCUT2D eigenvalue weighted by Gasteiger charge is 2.40. The summed E-state index contributed by atoms with van der Waals surface area (Å²) in [6.45, 7) is 3.84. The van der Waals surface area contributed by atoms with Crippen molar-refractivity contribution in [2.75, 3.05) is 10.2 Å². The van der Waals surface area contributed by atoms with Gasteiger partial charge in [0, 0.05) is 10.7 Å². The first kappa shape index (κ1) is 15.6. The monoisotopic (exact) mass is 328 g/mol. The molecule has 1 aliphatic rings. The smallest absolute Gasteiger partial charge is 0.256 e. The lowest BCUT2D eigenvalue weighted by Gasteiger charge is -2.18. The summed E-state index contributed by atoms with van der Waals surface area (Å²) in [5.41, 5.74) is 3.36. The van der Waals surface area contributed by atoms with E-state index in [0.29, 0.717) is 10.7 Å². The third kappa shape index (κ3) is 3.08. The van der Waals surface area contributed by atoms with Gasteiger partial charge in [-0.25, -0.2) is 4.90 Å². The summed E-state index contributed by atoms with van der Waals surface area (Å²) in [4.78, 5) is 26.3. The number of carbonyl (C=O) groups excluding carboxylic acids is 2. The van der Waals surface area contributed by atoms with Gasteiger partial charge in [0.15, 0.2) is 0 Å².